The lowest BCUT2D eigenvalue weighted by Crippen LogP contribution is -2.52. The minimum atomic E-state index is -0.102. The fraction of sp³-hybridized carbons (Fsp3) is 0.867. The number of piperidine rings is 1. The first-order valence-corrected chi connectivity index (χ1v) is 7.94. The number of carbonyl (C=O) groups is 2. The maximum Gasteiger partial charge on any atom is 0.239 e. The maximum atomic E-state index is 12.3. The minimum absolute atomic E-state index is 0.0193. The fourth-order valence-corrected chi connectivity index (χ4v) is 2.83. The number of amides is 2. The van der Waals surface area contributed by atoms with Crippen molar-refractivity contribution < 1.29 is 9.59 Å². The Morgan fingerprint density at radius 1 is 1.43 bits per heavy atom. The van der Waals surface area contributed by atoms with Gasteiger partial charge in [0.25, 0.3) is 0 Å². The third kappa shape index (κ3) is 5.63. The van der Waals surface area contributed by atoms with Gasteiger partial charge in [-0.3, -0.25) is 14.5 Å². The first-order valence-electron chi connectivity index (χ1n) is 7.94. The number of likely N-dealkylation sites (N-methyl/N-ethyl adjacent to an activating group) is 1. The molecule has 2 atom stereocenters. The van der Waals surface area contributed by atoms with Gasteiger partial charge in [-0.25, -0.2) is 0 Å². The smallest absolute Gasteiger partial charge is 0.239 e. The number of likely N-dealkylation sites (tertiary alicyclic amines) is 1. The van der Waals surface area contributed by atoms with E-state index in [2.05, 4.69) is 17.1 Å². The Balaban J connectivity index is 2.45. The molecule has 0 aromatic rings. The Morgan fingerprint density at radius 2 is 2.14 bits per heavy atom. The Hall–Kier alpha value is -1.14. The van der Waals surface area contributed by atoms with Crippen molar-refractivity contribution in [2.75, 3.05) is 39.8 Å². The summed E-state index contributed by atoms with van der Waals surface area (Å²) in [4.78, 5) is 27.6. The topological polar surface area (TPSA) is 78.7 Å². The molecule has 1 saturated heterocycles. The zero-order chi connectivity index (χ0) is 15.8. The van der Waals surface area contributed by atoms with Crippen molar-refractivity contribution in [1.29, 1.82) is 0 Å². The number of nitrogens with one attached hydrogen (secondary N) is 1. The second kappa shape index (κ2) is 9.00. The van der Waals surface area contributed by atoms with Gasteiger partial charge < -0.3 is 16.0 Å². The monoisotopic (exact) mass is 298 g/mol. The van der Waals surface area contributed by atoms with Gasteiger partial charge in [-0.1, -0.05) is 13.8 Å². The molecule has 0 radical (unpaired) electrons. The van der Waals surface area contributed by atoms with Gasteiger partial charge in [-0.05, 0) is 31.7 Å². The highest BCUT2D eigenvalue weighted by atomic mass is 16.2. The van der Waals surface area contributed by atoms with Crippen LogP contribution in [0.15, 0.2) is 0 Å². The molecule has 0 aromatic carbocycles. The first kappa shape index (κ1) is 17.9. The molecule has 0 spiro atoms. The summed E-state index contributed by atoms with van der Waals surface area (Å²) in [6, 6.07) is 0.269. The van der Waals surface area contributed by atoms with Crippen molar-refractivity contribution >= 4 is 11.8 Å². The summed E-state index contributed by atoms with van der Waals surface area (Å²) < 4.78 is 0. The van der Waals surface area contributed by atoms with E-state index in [1.165, 1.54) is 11.3 Å². The predicted molar refractivity (Wildman–Crippen MR) is 83.8 cm³/mol. The van der Waals surface area contributed by atoms with Gasteiger partial charge in [0.15, 0.2) is 0 Å². The van der Waals surface area contributed by atoms with E-state index in [1.54, 1.807) is 7.05 Å². The van der Waals surface area contributed by atoms with Crippen molar-refractivity contribution in [3.63, 3.8) is 0 Å². The SMILES string of the molecule is CCCNC(=O)CN(C)C(=O)CN1CCCC(C)C1CN. The Kier molecular flexibility index (Phi) is 7.67. The Bertz CT molecular complexity index is 349. The van der Waals surface area contributed by atoms with Crippen molar-refractivity contribution in [2.24, 2.45) is 11.7 Å². The standard InChI is InChI=1S/C15H30N4O2/c1-4-7-17-14(20)10-18(3)15(21)11-19-8-5-6-12(2)13(19)9-16/h12-13H,4-11,16H2,1-3H3,(H,17,20). The first-order chi connectivity index (χ1) is 9.99. The van der Waals surface area contributed by atoms with Gasteiger partial charge in [0.05, 0.1) is 13.1 Å². The summed E-state index contributed by atoms with van der Waals surface area (Å²) in [7, 11) is 1.68. The van der Waals surface area contributed by atoms with Crippen LogP contribution in [0.4, 0.5) is 0 Å². The number of hydrogen-bond donors (Lipinski definition) is 2. The molecule has 2 unspecified atom stereocenters. The van der Waals surface area contributed by atoms with Crippen LogP contribution in [0.1, 0.15) is 33.1 Å². The van der Waals surface area contributed by atoms with Crippen LogP contribution >= 0.6 is 0 Å². The van der Waals surface area contributed by atoms with E-state index in [0.717, 1.165) is 19.4 Å². The highest BCUT2D eigenvalue weighted by Crippen LogP contribution is 2.22. The zero-order valence-electron chi connectivity index (χ0n) is 13.6. The normalized spacial score (nSPS) is 22.9. The molecule has 0 aliphatic carbocycles. The second-order valence-electron chi connectivity index (χ2n) is 5.99. The number of nitrogens with two attached hydrogens (primary N) is 1. The van der Waals surface area contributed by atoms with E-state index < -0.39 is 0 Å². The molecule has 0 aromatic heterocycles. The summed E-state index contributed by atoms with van der Waals surface area (Å²) in [6.45, 7) is 6.80. The largest absolute Gasteiger partial charge is 0.355 e. The molecular formula is C15H30N4O2. The number of hydrogen-bond acceptors (Lipinski definition) is 4. The Morgan fingerprint density at radius 3 is 2.76 bits per heavy atom. The van der Waals surface area contributed by atoms with Crippen molar-refractivity contribution in [3.8, 4) is 0 Å². The molecule has 122 valence electrons. The van der Waals surface area contributed by atoms with Gasteiger partial charge in [0.2, 0.25) is 11.8 Å². The number of nitrogens with zero attached hydrogens (tertiary/aromatic N) is 2. The lowest BCUT2D eigenvalue weighted by Gasteiger charge is -2.39. The molecule has 1 heterocycles. The van der Waals surface area contributed by atoms with Gasteiger partial charge in [-0.2, -0.15) is 0 Å². The maximum absolute atomic E-state index is 12.3. The van der Waals surface area contributed by atoms with Gasteiger partial charge in [0.1, 0.15) is 0 Å². The summed E-state index contributed by atoms with van der Waals surface area (Å²) >= 11 is 0. The summed E-state index contributed by atoms with van der Waals surface area (Å²) in [6.07, 6.45) is 3.17. The van der Waals surface area contributed by atoms with Crippen LogP contribution in [0.25, 0.3) is 0 Å². The van der Waals surface area contributed by atoms with Crippen molar-refractivity contribution in [1.82, 2.24) is 15.1 Å². The van der Waals surface area contributed by atoms with Gasteiger partial charge in [-0.15, -0.1) is 0 Å². The van der Waals surface area contributed by atoms with E-state index >= 15 is 0 Å². The van der Waals surface area contributed by atoms with Crippen molar-refractivity contribution in [2.45, 2.75) is 39.2 Å². The minimum Gasteiger partial charge on any atom is -0.355 e. The van der Waals surface area contributed by atoms with E-state index in [-0.39, 0.29) is 24.4 Å². The van der Waals surface area contributed by atoms with Crippen LogP contribution in [0.3, 0.4) is 0 Å². The van der Waals surface area contributed by atoms with Crippen LogP contribution in [0.5, 0.6) is 0 Å². The van der Waals surface area contributed by atoms with Gasteiger partial charge >= 0.3 is 0 Å². The Labute approximate surface area is 128 Å². The highest BCUT2D eigenvalue weighted by Gasteiger charge is 2.29. The molecule has 1 aliphatic rings. The van der Waals surface area contributed by atoms with Crippen LogP contribution in [-0.2, 0) is 9.59 Å². The molecule has 1 fully saturated rings. The summed E-state index contributed by atoms with van der Waals surface area (Å²) in [5, 5.41) is 2.78. The lowest BCUT2D eigenvalue weighted by atomic mass is 9.91. The summed E-state index contributed by atoms with van der Waals surface area (Å²) in [5.74, 6) is 0.402. The predicted octanol–water partition coefficient (Wildman–Crippen LogP) is 0.0302. The zero-order valence-corrected chi connectivity index (χ0v) is 13.6. The molecule has 21 heavy (non-hydrogen) atoms. The van der Waals surface area contributed by atoms with E-state index in [1.807, 2.05) is 6.92 Å². The lowest BCUT2D eigenvalue weighted by molar-refractivity contribution is -0.136. The highest BCUT2D eigenvalue weighted by molar-refractivity contribution is 5.85. The van der Waals surface area contributed by atoms with E-state index in [9.17, 15) is 9.59 Å². The molecule has 0 saturated carbocycles. The van der Waals surface area contributed by atoms with Crippen LogP contribution in [-0.4, -0.2) is 67.4 Å². The molecule has 1 rings (SSSR count). The number of carbonyl (C=O) groups excluding carboxylic acids is 2. The number of rotatable bonds is 7. The molecule has 6 heteroatoms. The molecule has 1 aliphatic heterocycles. The van der Waals surface area contributed by atoms with E-state index in [4.69, 9.17) is 5.73 Å². The average Bonchev–Trinajstić information content (AvgIpc) is 2.45. The molecular weight excluding hydrogens is 268 g/mol. The molecule has 3 N–H and O–H groups in total. The van der Waals surface area contributed by atoms with Gasteiger partial charge in [0, 0.05) is 26.2 Å². The van der Waals surface area contributed by atoms with Crippen molar-refractivity contribution in [3.05, 3.63) is 0 Å². The van der Waals surface area contributed by atoms with Crippen LogP contribution in [0, 0.1) is 5.92 Å². The van der Waals surface area contributed by atoms with Crippen LogP contribution < -0.4 is 11.1 Å². The summed E-state index contributed by atoms with van der Waals surface area (Å²) in [5.41, 5.74) is 5.84. The quantitative estimate of drug-likeness (QED) is 0.695. The third-order valence-corrected chi connectivity index (χ3v) is 4.19. The second-order valence-corrected chi connectivity index (χ2v) is 5.99. The molecule has 2 amide bonds. The average molecular weight is 298 g/mol. The molecule has 6 nitrogen and oxygen atoms in total. The van der Waals surface area contributed by atoms with Crippen LogP contribution in [0.2, 0.25) is 0 Å². The van der Waals surface area contributed by atoms with E-state index in [0.29, 0.717) is 25.6 Å². The third-order valence-electron chi connectivity index (χ3n) is 4.19. The molecule has 0 bridgehead atoms. The fourth-order valence-electron chi connectivity index (χ4n) is 2.83.